The highest BCUT2D eigenvalue weighted by Gasteiger charge is 2.41. The van der Waals surface area contributed by atoms with Gasteiger partial charge in [0.05, 0.1) is 0 Å². The average molecular weight is 349 g/mol. The van der Waals surface area contributed by atoms with Crippen LogP contribution in [0.3, 0.4) is 0 Å². The van der Waals surface area contributed by atoms with Crippen molar-refractivity contribution in [2.45, 2.75) is 64.3 Å². The zero-order valence-electron chi connectivity index (χ0n) is 14.5. The van der Waals surface area contributed by atoms with Crippen molar-refractivity contribution in [2.24, 2.45) is 17.8 Å². The van der Waals surface area contributed by atoms with E-state index in [0.29, 0.717) is 22.5 Å². The van der Waals surface area contributed by atoms with E-state index in [4.69, 9.17) is 12.2 Å². The number of carbonyl (C=O) groups is 1. The summed E-state index contributed by atoms with van der Waals surface area (Å²) in [6, 6.07) is 0. The number of hydrogen-bond acceptors (Lipinski definition) is 3. The first-order valence-corrected chi connectivity index (χ1v) is 9.99. The van der Waals surface area contributed by atoms with E-state index in [1.165, 1.54) is 25.7 Å². The molecule has 1 aromatic heterocycles. The van der Waals surface area contributed by atoms with Crippen LogP contribution in [-0.2, 0) is 11.3 Å². The lowest BCUT2D eigenvalue weighted by Gasteiger charge is -2.34. The maximum absolute atomic E-state index is 12.8. The SMILES string of the molecule is CCn1c([C@H]2CCCN(C(=O)C[C@@H]3C[C@H]4CC[C@H]3C4)C2)n[nH]c1=S. The Labute approximate surface area is 148 Å². The zero-order chi connectivity index (χ0) is 16.7. The molecule has 1 aliphatic heterocycles. The molecule has 0 unspecified atom stereocenters. The van der Waals surface area contributed by atoms with Crippen LogP contribution in [0.15, 0.2) is 0 Å². The number of fused-ring (bicyclic) bond motifs is 2. The van der Waals surface area contributed by atoms with Crippen LogP contribution in [0.25, 0.3) is 0 Å². The van der Waals surface area contributed by atoms with Gasteiger partial charge in [0.25, 0.3) is 0 Å². The third-order valence-electron chi connectivity index (χ3n) is 6.56. The molecule has 2 aliphatic carbocycles. The second-order valence-corrected chi connectivity index (χ2v) is 8.34. The normalized spacial score (nSPS) is 32.5. The minimum Gasteiger partial charge on any atom is -0.342 e. The number of likely N-dealkylation sites (tertiary alicyclic amines) is 1. The number of H-pyrrole nitrogens is 1. The van der Waals surface area contributed by atoms with Gasteiger partial charge in [-0.2, -0.15) is 5.10 Å². The molecule has 2 heterocycles. The highest BCUT2D eigenvalue weighted by atomic mass is 32.1. The summed E-state index contributed by atoms with van der Waals surface area (Å²) in [6.07, 6.45) is 8.37. The van der Waals surface area contributed by atoms with Crippen LogP contribution in [0.1, 0.15) is 63.6 Å². The molecular formula is C18H28N4OS. The lowest BCUT2D eigenvalue weighted by Crippen LogP contribution is -2.40. The third-order valence-corrected chi connectivity index (χ3v) is 6.88. The quantitative estimate of drug-likeness (QED) is 0.848. The van der Waals surface area contributed by atoms with E-state index in [9.17, 15) is 4.79 Å². The van der Waals surface area contributed by atoms with Gasteiger partial charge in [-0.3, -0.25) is 9.89 Å². The molecule has 0 spiro atoms. The number of carbonyl (C=O) groups excluding carboxylic acids is 1. The summed E-state index contributed by atoms with van der Waals surface area (Å²) in [5.41, 5.74) is 0. The van der Waals surface area contributed by atoms with Crippen LogP contribution in [-0.4, -0.2) is 38.7 Å². The molecule has 3 fully saturated rings. The number of amides is 1. The van der Waals surface area contributed by atoms with Crippen LogP contribution in [0, 0.1) is 22.5 Å². The van der Waals surface area contributed by atoms with Crippen LogP contribution >= 0.6 is 12.2 Å². The number of nitrogens with one attached hydrogen (secondary N) is 1. The Morgan fingerprint density at radius 3 is 2.92 bits per heavy atom. The maximum atomic E-state index is 12.8. The summed E-state index contributed by atoms with van der Waals surface area (Å²) in [6.45, 7) is 4.64. The second-order valence-electron chi connectivity index (χ2n) is 7.95. The Hall–Kier alpha value is -1.17. The van der Waals surface area contributed by atoms with Crippen molar-refractivity contribution >= 4 is 18.1 Å². The predicted octanol–water partition coefficient (Wildman–Crippen LogP) is 3.49. The van der Waals surface area contributed by atoms with Crippen molar-refractivity contribution in [2.75, 3.05) is 13.1 Å². The van der Waals surface area contributed by atoms with Crippen molar-refractivity contribution in [1.82, 2.24) is 19.7 Å². The van der Waals surface area contributed by atoms with Crippen LogP contribution < -0.4 is 0 Å². The molecule has 3 aliphatic rings. The summed E-state index contributed by atoms with van der Waals surface area (Å²) < 4.78 is 2.77. The van der Waals surface area contributed by atoms with Gasteiger partial charge in [0, 0.05) is 32.0 Å². The van der Waals surface area contributed by atoms with Crippen molar-refractivity contribution in [3.63, 3.8) is 0 Å². The van der Waals surface area contributed by atoms with Gasteiger partial charge in [-0.05, 0) is 69.0 Å². The van der Waals surface area contributed by atoms with Crippen molar-refractivity contribution < 1.29 is 4.79 Å². The van der Waals surface area contributed by atoms with E-state index in [2.05, 4.69) is 26.6 Å². The van der Waals surface area contributed by atoms with Crippen LogP contribution in [0.2, 0.25) is 0 Å². The number of aromatic nitrogens is 3. The fourth-order valence-electron chi connectivity index (χ4n) is 5.34. The lowest BCUT2D eigenvalue weighted by atomic mass is 9.85. The standard InChI is InChI=1S/C18H28N4OS/c1-2-22-17(19-20-18(22)24)14-4-3-7-21(11-14)16(23)10-15-9-12-5-6-13(15)8-12/h12-15H,2-11H2,1H3,(H,20,24)/t12-,13-,14-,15-/m0/s1. The van der Waals surface area contributed by atoms with Crippen LogP contribution in [0.5, 0.6) is 0 Å². The Morgan fingerprint density at radius 1 is 1.33 bits per heavy atom. The van der Waals surface area contributed by atoms with Crippen LogP contribution in [0.4, 0.5) is 0 Å². The molecule has 0 radical (unpaired) electrons. The van der Waals surface area contributed by atoms with Gasteiger partial charge in [0.1, 0.15) is 5.82 Å². The molecule has 4 atom stereocenters. The fourth-order valence-corrected chi connectivity index (χ4v) is 5.61. The number of rotatable bonds is 4. The van der Waals surface area contributed by atoms with Gasteiger partial charge in [0.15, 0.2) is 4.77 Å². The first-order chi connectivity index (χ1) is 11.7. The molecule has 132 valence electrons. The van der Waals surface area contributed by atoms with Gasteiger partial charge < -0.3 is 9.47 Å². The highest BCUT2D eigenvalue weighted by Crippen LogP contribution is 2.49. The highest BCUT2D eigenvalue weighted by molar-refractivity contribution is 7.71. The zero-order valence-corrected chi connectivity index (χ0v) is 15.4. The van der Waals surface area contributed by atoms with E-state index < -0.39 is 0 Å². The third kappa shape index (κ3) is 2.93. The van der Waals surface area contributed by atoms with E-state index in [1.807, 2.05) is 0 Å². The minimum absolute atomic E-state index is 0.315. The Bertz CT molecular complexity index is 666. The summed E-state index contributed by atoms with van der Waals surface area (Å²) in [5, 5.41) is 7.37. The van der Waals surface area contributed by atoms with E-state index >= 15 is 0 Å². The van der Waals surface area contributed by atoms with Gasteiger partial charge >= 0.3 is 0 Å². The lowest BCUT2D eigenvalue weighted by molar-refractivity contribution is -0.133. The molecule has 2 bridgehead atoms. The second kappa shape index (κ2) is 6.62. The molecule has 1 amide bonds. The van der Waals surface area contributed by atoms with Gasteiger partial charge in [-0.15, -0.1) is 0 Å². The molecule has 6 heteroatoms. The number of aromatic amines is 1. The smallest absolute Gasteiger partial charge is 0.222 e. The van der Waals surface area contributed by atoms with E-state index in [0.717, 1.165) is 56.6 Å². The predicted molar refractivity (Wildman–Crippen MR) is 95.2 cm³/mol. The van der Waals surface area contributed by atoms with Gasteiger partial charge in [0.2, 0.25) is 5.91 Å². The van der Waals surface area contributed by atoms with Gasteiger partial charge in [-0.25, -0.2) is 0 Å². The first kappa shape index (κ1) is 16.3. The molecule has 1 N–H and O–H groups in total. The average Bonchev–Trinajstić information content (AvgIpc) is 3.30. The number of nitrogens with zero attached hydrogens (tertiary/aromatic N) is 3. The largest absolute Gasteiger partial charge is 0.342 e. The van der Waals surface area contributed by atoms with Crippen molar-refractivity contribution in [3.8, 4) is 0 Å². The monoisotopic (exact) mass is 348 g/mol. The van der Waals surface area contributed by atoms with Crippen molar-refractivity contribution in [3.05, 3.63) is 10.6 Å². The molecule has 5 nitrogen and oxygen atoms in total. The summed E-state index contributed by atoms with van der Waals surface area (Å²) >= 11 is 5.31. The Balaban J connectivity index is 1.41. The number of hydrogen-bond donors (Lipinski definition) is 1. The minimum atomic E-state index is 0.315. The van der Waals surface area contributed by atoms with E-state index in [1.54, 1.807) is 0 Å². The van der Waals surface area contributed by atoms with E-state index in [-0.39, 0.29) is 0 Å². The summed E-state index contributed by atoms with van der Waals surface area (Å²) in [7, 11) is 0. The fraction of sp³-hybridized carbons (Fsp3) is 0.833. The summed E-state index contributed by atoms with van der Waals surface area (Å²) in [4.78, 5) is 14.9. The Morgan fingerprint density at radius 2 is 2.21 bits per heavy atom. The molecule has 1 saturated heterocycles. The maximum Gasteiger partial charge on any atom is 0.222 e. The van der Waals surface area contributed by atoms with Crippen molar-refractivity contribution in [1.29, 1.82) is 0 Å². The molecule has 1 aromatic rings. The summed E-state index contributed by atoms with van der Waals surface area (Å²) in [5.74, 6) is 4.11. The topological polar surface area (TPSA) is 53.9 Å². The molecular weight excluding hydrogens is 320 g/mol. The Kier molecular flexibility index (Phi) is 4.50. The van der Waals surface area contributed by atoms with Gasteiger partial charge in [-0.1, -0.05) is 6.42 Å². The molecule has 2 saturated carbocycles. The molecule has 0 aromatic carbocycles. The first-order valence-electron chi connectivity index (χ1n) is 9.58. The molecule has 24 heavy (non-hydrogen) atoms. The molecule has 4 rings (SSSR count). The number of piperidine rings is 1.